The van der Waals surface area contributed by atoms with Gasteiger partial charge in [0.1, 0.15) is 10.7 Å². The van der Waals surface area contributed by atoms with Gasteiger partial charge in [-0.25, -0.2) is 0 Å². The van der Waals surface area contributed by atoms with Gasteiger partial charge < -0.3 is 10.2 Å². The Hall–Kier alpha value is -1.86. The third-order valence-electron chi connectivity index (χ3n) is 4.85. The van der Waals surface area contributed by atoms with E-state index in [2.05, 4.69) is 31.4 Å². The van der Waals surface area contributed by atoms with Crippen LogP contribution >= 0.6 is 11.3 Å². The van der Waals surface area contributed by atoms with Crippen LogP contribution in [0.3, 0.4) is 0 Å². The molecule has 0 unspecified atom stereocenters. The first-order chi connectivity index (χ1) is 12.1. The smallest absolute Gasteiger partial charge is 0.286 e. The molecule has 1 fully saturated rings. The zero-order valence-corrected chi connectivity index (χ0v) is 15.5. The maximum absolute atomic E-state index is 12.5. The molecule has 0 radical (unpaired) electrons. The molecule has 7 heteroatoms. The van der Waals surface area contributed by atoms with Crippen molar-refractivity contribution in [1.29, 1.82) is 0 Å². The number of rotatable bonds is 4. The molecule has 2 aromatic rings. The number of hydrogen-bond acceptors (Lipinski definition) is 5. The SMILES string of the molecule is O=S1(=O)N=C(CN(c2ccsc2)C2CCCCC2)Nc2ccccc21. The van der Waals surface area contributed by atoms with Gasteiger partial charge in [0.15, 0.2) is 0 Å². The first kappa shape index (κ1) is 16.6. The average molecular weight is 376 g/mol. The van der Waals surface area contributed by atoms with Crippen LogP contribution in [0.4, 0.5) is 11.4 Å². The zero-order valence-electron chi connectivity index (χ0n) is 13.9. The van der Waals surface area contributed by atoms with Crippen LogP contribution in [0.15, 0.2) is 50.4 Å². The molecule has 0 bridgehead atoms. The molecule has 0 saturated heterocycles. The molecular weight excluding hydrogens is 354 g/mol. The van der Waals surface area contributed by atoms with E-state index < -0.39 is 10.0 Å². The second kappa shape index (κ2) is 6.80. The van der Waals surface area contributed by atoms with Gasteiger partial charge >= 0.3 is 0 Å². The molecule has 1 aromatic heterocycles. The van der Waals surface area contributed by atoms with Crippen LogP contribution < -0.4 is 10.2 Å². The van der Waals surface area contributed by atoms with Crippen molar-refractivity contribution in [3.8, 4) is 0 Å². The van der Waals surface area contributed by atoms with E-state index in [1.165, 1.54) is 19.3 Å². The predicted molar refractivity (Wildman–Crippen MR) is 103 cm³/mol. The summed E-state index contributed by atoms with van der Waals surface area (Å²) in [4.78, 5) is 2.56. The quantitative estimate of drug-likeness (QED) is 0.874. The lowest BCUT2D eigenvalue weighted by Gasteiger charge is -2.36. The molecule has 2 aliphatic rings. The molecule has 0 amide bonds. The Bertz CT molecular complexity index is 869. The predicted octanol–water partition coefficient (Wildman–Crippen LogP) is 4.10. The molecule has 0 spiro atoms. The largest absolute Gasteiger partial charge is 0.360 e. The highest BCUT2D eigenvalue weighted by Crippen LogP contribution is 2.31. The average Bonchev–Trinajstić information content (AvgIpc) is 3.14. The van der Waals surface area contributed by atoms with Crippen molar-refractivity contribution < 1.29 is 8.42 Å². The molecule has 132 valence electrons. The lowest BCUT2D eigenvalue weighted by molar-refractivity contribution is 0.423. The van der Waals surface area contributed by atoms with Crippen LogP contribution in [-0.4, -0.2) is 26.8 Å². The lowest BCUT2D eigenvalue weighted by Crippen LogP contribution is -2.43. The molecule has 1 aliphatic carbocycles. The molecule has 0 atom stereocenters. The molecule has 1 saturated carbocycles. The summed E-state index contributed by atoms with van der Waals surface area (Å²) >= 11 is 1.66. The number of para-hydroxylation sites is 1. The van der Waals surface area contributed by atoms with E-state index in [-0.39, 0.29) is 4.90 Å². The lowest BCUT2D eigenvalue weighted by atomic mass is 9.94. The Kier molecular flexibility index (Phi) is 4.52. The summed E-state index contributed by atoms with van der Waals surface area (Å²) < 4.78 is 29.0. The monoisotopic (exact) mass is 375 g/mol. The number of fused-ring (bicyclic) bond motifs is 1. The van der Waals surface area contributed by atoms with E-state index in [1.54, 1.807) is 29.5 Å². The van der Waals surface area contributed by atoms with Crippen LogP contribution in [-0.2, 0) is 10.0 Å². The minimum atomic E-state index is -3.63. The maximum Gasteiger partial charge on any atom is 0.286 e. The van der Waals surface area contributed by atoms with Crippen molar-refractivity contribution in [2.75, 3.05) is 16.8 Å². The van der Waals surface area contributed by atoms with E-state index >= 15 is 0 Å². The van der Waals surface area contributed by atoms with E-state index in [1.807, 2.05) is 6.07 Å². The van der Waals surface area contributed by atoms with E-state index in [0.717, 1.165) is 18.5 Å². The van der Waals surface area contributed by atoms with Crippen molar-refractivity contribution in [2.24, 2.45) is 4.40 Å². The molecule has 2 heterocycles. The first-order valence-corrected chi connectivity index (χ1v) is 11.0. The summed E-state index contributed by atoms with van der Waals surface area (Å²) in [5, 5.41) is 7.40. The summed E-state index contributed by atoms with van der Waals surface area (Å²) in [6.45, 7) is 0.481. The first-order valence-electron chi connectivity index (χ1n) is 8.62. The van der Waals surface area contributed by atoms with Gasteiger partial charge in [-0.15, -0.1) is 4.40 Å². The molecular formula is C18H21N3O2S2. The minimum absolute atomic E-state index is 0.249. The van der Waals surface area contributed by atoms with Crippen LogP contribution in [0.5, 0.6) is 0 Å². The minimum Gasteiger partial charge on any atom is -0.360 e. The van der Waals surface area contributed by atoms with Crippen molar-refractivity contribution >= 4 is 38.6 Å². The summed E-state index contributed by atoms with van der Waals surface area (Å²) in [6.07, 6.45) is 6.03. The number of hydrogen-bond donors (Lipinski definition) is 1. The van der Waals surface area contributed by atoms with E-state index in [0.29, 0.717) is 24.1 Å². The van der Waals surface area contributed by atoms with Gasteiger partial charge in [0.2, 0.25) is 0 Å². The summed E-state index contributed by atoms with van der Waals surface area (Å²) in [7, 11) is -3.63. The standard InChI is InChI=1S/C18H21N3O2S2/c22-25(23)17-9-5-4-8-16(17)19-18(20-25)12-21(15-10-11-24-13-15)14-6-2-1-3-7-14/h4-5,8-11,13-14H,1-3,6-7,12H2,(H,19,20). The van der Waals surface area contributed by atoms with Gasteiger partial charge in [-0.1, -0.05) is 31.4 Å². The number of nitrogens with one attached hydrogen (secondary N) is 1. The molecule has 1 N–H and O–H groups in total. The number of anilines is 2. The van der Waals surface area contributed by atoms with Gasteiger partial charge in [0.05, 0.1) is 12.2 Å². The second-order valence-corrected chi connectivity index (χ2v) is 8.89. The van der Waals surface area contributed by atoms with Crippen molar-refractivity contribution in [3.63, 3.8) is 0 Å². The highest BCUT2D eigenvalue weighted by atomic mass is 32.2. The van der Waals surface area contributed by atoms with Gasteiger partial charge in [-0.05, 0) is 36.4 Å². The van der Waals surface area contributed by atoms with Gasteiger partial charge in [0.25, 0.3) is 10.0 Å². The van der Waals surface area contributed by atoms with E-state index in [4.69, 9.17) is 0 Å². The number of amidine groups is 1. The van der Waals surface area contributed by atoms with Crippen LogP contribution in [0, 0.1) is 0 Å². The summed E-state index contributed by atoms with van der Waals surface area (Å²) in [5.74, 6) is 0.496. The van der Waals surface area contributed by atoms with Gasteiger partial charge in [-0.3, -0.25) is 0 Å². The van der Waals surface area contributed by atoms with Crippen LogP contribution in [0.1, 0.15) is 32.1 Å². The fraction of sp³-hybridized carbons (Fsp3) is 0.389. The van der Waals surface area contributed by atoms with Gasteiger partial charge in [0, 0.05) is 17.1 Å². The van der Waals surface area contributed by atoms with Crippen molar-refractivity contribution in [1.82, 2.24) is 0 Å². The highest BCUT2D eigenvalue weighted by Gasteiger charge is 2.28. The number of thiophene rings is 1. The summed E-state index contributed by atoms with van der Waals surface area (Å²) in [6, 6.07) is 9.48. The molecule has 1 aromatic carbocycles. The fourth-order valence-electron chi connectivity index (χ4n) is 3.64. The Morgan fingerprint density at radius 2 is 1.96 bits per heavy atom. The third kappa shape index (κ3) is 3.43. The number of sulfonamides is 1. The molecule has 5 nitrogen and oxygen atoms in total. The Morgan fingerprint density at radius 3 is 2.72 bits per heavy atom. The third-order valence-corrected chi connectivity index (χ3v) is 6.89. The highest BCUT2D eigenvalue weighted by molar-refractivity contribution is 7.90. The normalized spacial score (nSPS) is 19.6. The zero-order chi connectivity index (χ0) is 17.3. The fourth-order valence-corrected chi connectivity index (χ4v) is 5.43. The summed E-state index contributed by atoms with van der Waals surface area (Å²) in [5.41, 5.74) is 1.76. The maximum atomic E-state index is 12.5. The van der Waals surface area contributed by atoms with E-state index in [9.17, 15) is 8.42 Å². The molecule has 1 aliphatic heterocycles. The molecule has 4 rings (SSSR count). The Labute approximate surface area is 152 Å². The molecule has 25 heavy (non-hydrogen) atoms. The Morgan fingerprint density at radius 1 is 1.16 bits per heavy atom. The number of nitrogens with zero attached hydrogens (tertiary/aromatic N) is 2. The van der Waals surface area contributed by atoms with Crippen LogP contribution in [0.2, 0.25) is 0 Å². The van der Waals surface area contributed by atoms with Crippen molar-refractivity contribution in [2.45, 2.75) is 43.0 Å². The second-order valence-electron chi connectivity index (χ2n) is 6.54. The van der Waals surface area contributed by atoms with Crippen LogP contribution in [0.25, 0.3) is 0 Å². The number of benzene rings is 1. The topological polar surface area (TPSA) is 61.8 Å². The van der Waals surface area contributed by atoms with Crippen molar-refractivity contribution in [3.05, 3.63) is 41.1 Å². The van der Waals surface area contributed by atoms with Gasteiger partial charge in [-0.2, -0.15) is 19.8 Å². The Balaban J connectivity index is 1.63.